The average molecular weight is 264 g/mol. The van der Waals surface area contributed by atoms with E-state index < -0.39 is 0 Å². The van der Waals surface area contributed by atoms with Crippen molar-refractivity contribution in [3.05, 3.63) is 0 Å². The van der Waals surface area contributed by atoms with Crippen LogP contribution in [-0.4, -0.2) is 11.7 Å². The van der Waals surface area contributed by atoms with Crippen LogP contribution < -0.4 is 0 Å². The molecule has 0 amide bonds. The fraction of sp³-hybridized carbons (Fsp3) is 1.00. The van der Waals surface area contributed by atoms with Crippen molar-refractivity contribution in [3.8, 4) is 0 Å². The number of rotatable bonds is 4. The smallest absolute Gasteiger partial charge is 0.0431 e. The van der Waals surface area contributed by atoms with E-state index >= 15 is 0 Å². The van der Waals surface area contributed by atoms with E-state index in [1.807, 2.05) is 0 Å². The Labute approximate surface area is 119 Å². The highest BCUT2D eigenvalue weighted by Gasteiger charge is 2.64. The molecule has 0 radical (unpaired) electrons. The lowest BCUT2D eigenvalue weighted by Gasteiger charge is -2.42. The number of hydrogen-bond acceptors (Lipinski definition) is 1. The first-order valence-electron chi connectivity index (χ1n) is 8.61. The van der Waals surface area contributed by atoms with Gasteiger partial charge in [-0.25, -0.2) is 0 Å². The van der Waals surface area contributed by atoms with Crippen LogP contribution in [-0.2, 0) is 0 Å². The SMILES string of the molecule is CC1(C)CCC[C@@]2(C)[C@@H]3CC[C@@H]([C@@H]31)[C@@H]2CCCCO. The van der Waals surface area contributed by atoms with Crippen LogP contribution in [0.4, 0.5) is 0 Å². The van der Waals surface area contributed by atoms with Crippen molar-refractivity contribution >= 4 is 0 Å². The van der Waals surface area contributed by atoms with Gasteiger partial charge < -0.3 is 5.11 Å². The molecule has 0 aromatic carbocycles. The van der Waals surface area contributed by atoms with E-state index in [9.17, 15) is 0 Å². The summed E-state index contributed by atoms with van der Waals surface area (Å²) in [4.78, 5) is 0. The highest BCUT2D eigenvalue weighted by Crippen LogP contribution is 2.71. The van der Waals surface area contributed by atoms with Crippen molar-refractivity contribution in [2.24, 2.45) is 34.5 Å². The molecule has 3 aliphatic carbocycles. The zero-order chi connectivity index (χ0) is 13.7. The van der Waals surface area contributed by atoms with Gasteiger partial charge in [-0.15, -0.1) is 0 Å². The van der Waals surface area contributed by atoms with E-state index in [1.54, 1.807) is 0 Å². The molecule has 0 aromatic heterocycles. The van der Waals surface area contributed by atoms with Crippen molar-refractivity contribution in [2.75, 3.05) is 6.61 Å². The molecule has 0 unspecified atom stereocenters. The first kappa shape index (κ1) is 13.9. The van der Waals surface area contributed by atoms with Gasteiger partial charge in [-0.2, -0.15) is 0 Å². The molecule has 3 fully saturated rings. The van der Waals surface area contributed by atoms with Crippen LogP contribution in [0.5, 0.6) is 0 Å². The molecule has 1 heteroatoms. The first-order valence-corrected chi connectivity index (χ1v) is 8.61. The Morgan fingerprint density at radius 2 is 1.84 bits per heavy atom. The van der Waals surface area contributed by atoms with Crippen molar-refractivity contribution in [1.82, 2.24) is 0 Å². The van der Waals surface area contributed by atoms with Gasteiger partial charge in [-0.1, -0.05) is 33.6 Å². The van der Waals surface area contributed by atoms with Crippen molar-refractivity contribution in [1.29, 1.82) is 0 Å². The van der Waals surface area contributed by atoms with Gasteiger partial charge in [-0.05, 0) is 73.0 Å². The summed E-state index contributed by atoms with van der Waals surface area (Å²) in [5.74, 6) is 3.97. The normalized spacial score (nSPS) is 47.4. The second-order valence-corrected chi connectivity index (χ2v) is 8.55. The summed E-state index contributed by atoms with van der Waals surface area (Å²) >= 11 is 0. The van der Waals surface area contributed by atoms with E-state index in [4.69, 9.17) is 5.11 Å². The van der Waals surface area contributed by atoms with Crippen LogP contribution >= 0.6 is 0 Å². The number of aliphatic hydroxyl groups is 1. The Morgan fingerprint density at radius 3 is 2.58 bits per heavy atom. The third kappa shape index (κ3) is 1.99. The topological polar surface area (TPSA) is 20.2 Å². The zero-order valence-electron chi connectivity index (χ0n) is 13.1. The second-order valence-electron chi connectivity index (χ2n) is 8.55. The standard InChI is InChI=1S/C18H32O/c1-17(2)10-6-11-18(3)14(7-4-5-12-19)13-8-9-15(18)16(13)17/h13-16,19H,4-12H2,1-3H3/t13-,14+,15-,16+,18-/m1/s1. The van der Waals surface area contributed by atoms with Crippen molar-refractivity contribution in [2.45, 2.75) is 72.1 Å². The maximum absolute atomic E-state index is 9.05. The van der Waals surface area contributed by atoms with Gasteiger partial charge in [-0.3, -0.25) is 0 Å². The predicted molar refractivity (Wildman–Crippen MR) is 79.9 cm³/mol. The van der Waals surface area contributed by atoms with E-state index in [1.165, 1.54) is 44.9 Å². The molecule has 1 N–H and O–H groups in total. The van der Waals surface area contributed by atoms with Gasteiger partial charge in [0.25, 0.3) is 0 Å². The molecule has 0 aliphatic heterocycles. The molecule has 5 atom stereocenters. The van der Waals surface area contributed by atoms with E-state index in [0.717, 1.165) is 30.1 Å². The minimum Gasteiger partial charge on any atom is -0.396 e. The number of hydrogen-bond donors (Lipinski definition) is 1. The van der Waals surface area contributed by atoms with Gasteiger partial charge in [0.1, 0.15) is 0 Å². The molecular formula is C18H32O. The Bertz CT molecular complexity index is 335. The predicted octanol–water partition coefficient (Wildman–Crippen LogP) is 4.64. The zero-order valence-corrected chi connectivity index (χ0v) is 13.1. The van der Waals surface area contributed by atoms with Gasteiger partial charge >= 0.3 is 0 Å². The lowest BCUT2D eigenvalue weighted by atomic mass is 9.63. The van der Waals surface area contributed by atoms with Gasteiger partial charge in [0.15, 0.2) is 0 Å². The van der Waals surface area contributed by atoms with Crippen molar-refractivity contribution in [3.63, 3.8) is 0 Å². The highest BCUT2D eigenvalue weighted by molar-refractivity contribution is 5.12. The molecule has 110 valence electrons. The number of unbranched alkanes of at least 4 members (excludes halogenated alkanes) is 1. The minimum atomic E-state index is 0.381. The van der Waals surface area contributed by atoms with Crippen LogP contribution in [0.25, 0.3) is 0 Å². The molecule has 4 bridgehead atoms. The Hall–Kier alpha value is -0.0400. The van der Waals surface area contributed by atoms with Crippen LogP contribution in [0.2, 0.25) is 0 Å². The highest BCUT2D eigenvalue weighted by atomic mass is 16.2. The summed E-state index contributed by atoms with van der Waals surface area (Å²) in [6, 6.07) is 0. The lowest BCUT2D eigenvalue weighted by molar-refractivity contribution is 0.0756. The fourth-order valence-corrected chi connectivity index (χ4v) is 6.59. The Balaban J connectivity index is 1.84. The summed E-state index contributed by atoms with van der Waals surface area (Å²) in [6.07, 6.45) is 11.0. The molecule has 3 rings (SSSR count). The van der Waals surface area contributed by atoms with E-state index in [0.29, 0.717) is 17.4 Å². The fourth-order valence-electron chi connectivity index (χ4n) is 6.59. The quantitative estimate of drug-likeness (QED) is 0.734. The summed E-state index contributed by atoms with van der Waals surface area (Å²) in [5.41, 5.74) is 1.21. The molecule has 0 saturated heterocycles. The van der Waals surface area contributed by atoms with Crippen molar-refractivity contribution < 1.29 is 5.11 Å². The van der Waals surface area contributed by atoms with Crippen LogP contribution in [0, 0.1) is 34.5 Å². The Kier molecular flexibility index (Phi) is 3.48. The first-order chi connectivity index (χ1) is 9.00. The third-order valence-electron chi connectivity index (χ3n) is 7.28. The molecule has 19 heavy (non-hydrogen) atoms. The summed E-state index contributed by atoms with van der Waals surface area (Å²) in [5, 5.41) is 9.05. The lowest BCUT2D eigenvalue weighted by Crippen LogP contribution is -2.33. The molecule has 3 aliphatic rings. The van der Waals surface area contributed by atoms with E-state index in [-0.39, 0.29) is 0 Å². The van der Waals surface area contributed by atoms with Crippen LogP contribution in [0.3, 0.4) is 0 Å². The third-order valence-corrected chi connectivity index (χ3v) is 7.28. The molecule has 0 heterocycles. The monoisotopic (exact) mass is 264 g/mol. The van der Waals surface area contributed by atoms with Crippen LogP contribution in [0.15, 0.2) is 0 Å². The molecule has 1 nitrogen and oxygen atoms in total. The average Bonchev–Trinajstić information content (AvgIpc) is 2.83. The Morgan fingerprint density at radius 1 is 1.05 bits per heavy atom. The number of aliphatic hydroxyl groups excluding tert-OH is 1. The molecule has 0 aromatic rings. The van der Waals surface area contributed by atoms with Gasteiger partial charge in [0.05, 0.1) is 0 Å². The summed E-state index contributed by atoms with van der Waals surface area (Å²) in [7, 11) is 0. The minimum absolute atomic E-state index is 0.381. The summed E-state index contributed by atoms with van der Waals surface area (Å²) in [6.45, 7) is 8.09. The molecule has 0 spiro atoms. The van der Waals surface area contributed by atoms with Gasteiger partial charge in [0, 0.05) is 6.61 Å². The maximum Gasteiger partial charge on any atom is 0.0431 e. The van der Waals surface area contributed by atoms with E-state index in [2.05, 4.69) is 20.8 Å². The second kappa shape index (κ2) is 4.76. The summed E-state index contributed by atoms with van der Waals surface area (Å²) < 4.78 is 0. The molecular weight excluding hydrogens is 232 g/mol. The molecule has 3 saturated carbocycles. The van der Waals surface area contributed by atoms with Crippen LogP contribution in [0.1, 0.15) is 72.1 Å². The van der Waals surface area contributed by atoms with Gasteiger partial charge in [0.2, 0.25) is 0 Å². The maximum atomic E-state index is 9.05. The largest absolute Gasteiger partial charge is 0.396 e.